The lowest BCUT2D eigenvalue weighted by Crippen LogP contribution is -2.60. The van der Waals surface area contributed by atoms with Gasteiger partial charge in [-0.05, 0) is 36.5 Å². The van der Waals surface area contributed by atoms with Crippen molar-refractivity contribution in [3.63, 3.8) is 0 Å². The summed E-state index contributed by atoms with van der Waals surface area (Å²) >= 11 is 4.48. The number of rotatable bonds is 6. The molecule has 5 N–H and O–H groups in total. The van der Waals surface area contributed by atoms with Gasteiger partial charge in [-0.2, -0.15) is 4.99 Å². The smallest absolute Gasteiger partial charge is 0.462 e. The summed E-state index contributed by atoms with van der Waals surface area (Å²) in [5.41, 5.74) is 0.524. The number of aliphatic hydroxyl groups excluding tert-OH is 3. The Hall–Kier alpha value is -1.23. The summed E-state index contributed by atoms with van der Waals surface area (Å²) in [6.45, 7) is -0.711. The van der Waals surface area contributed by atoms with E-state index in [1.54, 1.807) is 12.1 Å². The quantitative estimate of drug-likeness (QED) is 0.247. The highest BCUT2D eigenvalue weighted by Crippen LogP contribution is 2.37. The fraction of sp³-hybridized carbons (Fsp3) is 0.462. The van der Waals surface area contributed by atoms with Crippen LogP contribution in [0.5, 0.6) is 5.75 Å². The van der Waals surface area contributed by atoms with Crippen LogP contribution in [0, 0.1) is 0 Å². The van der Waals surface area contributed by atoms with Gasteiger partial charge in [-0.1, -0.05) is 0 Å². The Kier molecular flexibility index (Phi) is 6.78. The second-order valence-electron chi connectivity index (χ2n) is 5.12. The number of hydrogen-bond donors (Lipinski definition) is 5. The van der Waals surface area contributed by atoms with Crippen LogP contribution in [0.1, 0.15) is 0 Å². The third kappa shape index (κ3) is 5.63. The van der Waals surface area contributed by atoms with Crippen LogP contribution in [-0.2, 0) is 13.8 Å². The molecule has 0 aliphatic carbocycles. The number of aliphatic imine (C=N–C) groups is 1. The van der Waals surface area contributed by atoms with E-state index in [0.29, 0.717) is 5.69 Å². The molecule has 1 heterocycles. The largest absolute Gasteiger partial charge is 0.469 e. The molecular weight excluding hydrogens is 377 g/mol. The topological polar surface area (TPSA) is 158 Å². The molecule has 10 nitrogen and oxygen atoms in total. The van der Waals surface area contributed by atoms with Crippen molar-refractivity contribution < 1.29 is 43.7 Å². The molecule has 0 bridgehead atoms. The van der Waals surface area contributed by atoms with Crippen LogP contribution < -0.4 is 4.74 Å². The molecule has 0 aromatic heterocycles. The Bertz CT molecular complexity index is 675. The molecule has 0 amide bonds. The number of phosphoric ester groups is 1. The van der Waals surface area contributed by atoms with Gasteiger partial charge in [0.1, 0.15) is 30.2 Å². The number of isothiocyanates is 1. The van der Waals surface area contributed by atoms with E-state index in [2.05, 4.69) is 26.9 Å². The number of benzene rings is 1. The van der Waals surface area contributed by atoms with Crippen LogP contribution in [0.4, 0.5) is 5.69 Å². The maximum atomic E-state index is 10.8. The molecule has 0 radical (unpaired) electrons. The maximum absolute atomic E-state index is 10.8. The molecule has 1 fully saturated rings. The van der Waals surface area contributed by atoms with Crippen LogP contribution in [0.25, 0.3) is 0 Å². The summed E-state index contributed by atoms with van der Waals surface area (Å²) in [6, 6.07) is 6.12. The summed E-state index contributed by atoms with van der Waals surface area (Å²) in [4.78, 5) is 21.2. The number of hydrogen-bond acceptors (Lipinski definition) is 9. The van der Waals surface area contributed by atoms with Crippen molar-refractivity contribution in [2.24, 2.45) is 4.99 Å². The molecule has 0 saturated carbocycles. The van der Waals surface area contributed by atoms with Gasteiger partial charge in [-0.3, -0.25) is 4.52 Å². The molecule has 2 rings (SSSR count). The van der Waals surface area contributed by atoms with Crippen molar-refractivity contribution in [3.05, 3.63) is 24.3 Å². The second-order valence-corrected chi connectivity index (χ2v) is 6.54. The van der Waals surface area contributed by atoms with E-state index in [9.17, 15) is 19.9 Å². The first-order valence-electron chi connectivity index (χ1n) is 6.95. The first-order chi connectivity index (χ1) is 11.7. The zero-order valence-electron chi connectivity index (χ0n) is 12.6. The molecule has 5 unspecified atom stereocenters. The van der Waals surface area contributed by atoms with Crippen molar-refractivity contribution in [1.82, 2.24) is 0 Å². The van der Waals surface area contributed by atoms with Gasteiger partial charge in [0, 0.05) is 0 Å². The van der Waals surface area contributed by atoms with E-state index in [-0.39, 0.29) is 5.75 Å². The Balaban J connectivity index is 2.07. The molecule has 12 heteroatoms. The molecule has 5 atom stereocenters. The van der Waals surface area contributed by atoms with Crippen LogP contribution in [0.15, 0.2) is 29.3 Å². The molecule has 1 aromatic carbocycles. The van der Waals surface area contributed by atoms with E-state index in [1.165, 1.54) is 12.1 Å². The highest BCUT2D eigenvalue weighted by molar-refractivity contribution is 7.78. The Morgan fingerprint density at radius 1 is 1.16 bits per heavy atom. The minimum absolute atomic E-state index is 0.255. The van der Waals surface area contributed by atoms with Gasteiger partial charge in [0.25, 0.3) is 0 Å². The van der Waals surface area contributed by atoms with Crippen molar-refractivity contribution in [1.29, 1.82) is 0 Å². The molecule has 1 aliphatic heterocycles. The first-order valence-corrected chi connectivity index (χ1v) is 8.89. The normalized spacial score (nSPS) is 29.7. The van der Waals surface area contributed by atoms with Crippen LogP contribution in [0.2, 0.25) is 0 Å². The summed E-state index contributed by atoms with van der Waals surface area (Å²) in [5, 5.41) is 31.9. The van der Waals surface area contributed by atoms with Crippen molar-refractivity contribution in [3.8, 4) is 5.75 Å². The fourth-order valence-corrected chi connectivity index (χ4v) is 2.55. The van der Waals surface area contributed by atoms with Crippen LogP contribution >= 0.6 is 20.0 Å². The van der Waals surface area contributed by atoms with E-state index < -0.39 is 45.1 Å². The van der Waals surface area contributed by atoms with Crippen molar-refractivity contribution in [2.75, 3.05) is 6.61 Å². The minimum atomic E-state index is -4.79. The first kappa shape index (κ1) is 20.1. The number of thiocarbonyl (C=S) groups is 1. The predicted molar refractivity (Wildman–Crippen MR) is 86.4 cm³/mol. The lowest BCUT2D eigenvalue weighted by molar-refractivity contribution is -0.276. The number of nitrogens with zero attached hydrogens (tertiary/aromatic N) is 1. The summed E-state index contributed by atoms with van der Waals surface area (Å²) in [5.74, 6) is 0.255. The molecular formula is C13H16NO9PS. The highest BCUT2D eigenvalue weighted by Gasteiger charge is 2.45. The lowest BCUT2D eigenvalue weighted by Gasteiger charge is -2.40. The van der Waals surface area contributed by atoms with Gasteiger partial charge in [-0.15, -0.1) is 0 Å². The van der Waals surface area contributed by atoms with Crippen molar-refractivity contribution >= 4 is 30.9 Å². The molecule has 1 saturated heterocycles. The molecule has 1 aliphatic rings. The summed E-state index contributed by atoms with van der Waals surface area (Å²) in [7, 11) is -4.79. The Morgan fingerprint density at radius 2 is 1.80 bits per heavy atom. The van der Waals surface area contributed by atoms with E-state index >= 15 is 0 Å². The monoisotopic (exact) mass is 393 g/mol. The van der Waals surface area contributed by atoms with Crippen LogP contribution in [0.3, 0.4) is 0 Å². The maximum Gasteiger partial charge on any atom is 0.469 e. The van der Waals surface area contributed by atoms with Gasteiger partial charge >= 0.3 is 7.82 Å². The molecule has 25 heavy (non-hydrogen) atoms. The Morgan fingerprint density at radius 3 is 2.36 bits per heavy atom. The van der Waals surface area contributed by atoms with E-state index in [1.807, 2.05) is 0 Å². The standard InChI is InChI=1S/C13H16NO9PS/c15-10-9(5-21-24(18,19)20)23-13(12(17)11(10)16)22-8-3-1-7(2-4-8)14-6-25/h1-4,9-13,15-17H,5H2,(H2,18,19,20). The van der Waals surface area contributed by atoms with E-state index in [0.717, 1.165) is 0 Å². The average Bonchev–Trinajstić information content (AvgIpc) is 2.55. The van der Waals surface area contributed by atoms with Crippen molar-refractivity contribution in [2.45, 2.75) is 30.7 Å². The number of aliphatic hydroxyl groups is 3. The third-order valence-corrected chi connectivity index (χ3v) is 3.92. The fourth-order valence-electron chi connectivity index (χ4n) is 2.11. The number of ether oxygens (including phenoxy) is 2. The molecule has 0 spiro atoms. The van der Waals surface area contributed by atoms with Gasteiger partial charge in [0.05, 0.1) is 17.5 Å². The molecule has 1 aromatic rings. The molecule has 138 valence electrons. The second kappa shape index (κ2) is 8.43. The zero-order chi connectivity index (χ0) is 18.6. The predicted octanol–water partition coefficient (Wildman–Crippen LogP) is -0.283. The SMILES string of the molecule is O=P(O)(O)OCC1OC(Oc2ccc(N=C=S)cc2)C(O)C(O)C1O. The van der Waals surface area contributed by atoms with E-state index in [4.69, 9.17) is 19.3 Å². The average molecular weight is 393 g/mol. The van der Waals surface area contributed by atoms with Gasteiger partial charge < -0.3 is 34.6 Å². The number of phosphoric acid groups is 1. The summed E-state index contributed by atoms with van der Waals surface area (Å²) < 4.78 is 25.7. The Labute approximate surface area is 147 Å². The van der Waals surface area contributed by atoms with Gasteiger partial charge in [0.15, 0.2) is 0 Å². The van der Waals surface area contributed by atoms with Gasteiger partial charge in [0.2, 0.25) is 6.29 Å². The summed E-state index contributed by atoms with van der Waals surface area (Å²) in [6.07, 6.45) is -7.61. The minimum Gasteiger partial charge on any atom is -0.462 e. The lowest BCUT2D eigenvalue weighted by atomic mass is 9.99. The van der Waals surface area contributed by atoms with Gasteiger partial charge in [-0.25, -0.2) is 4.57 Å². The zero-order valence-corrected chi connectivity index (χ0v) is 14.3. The highest BCUT2D eigenvalue weighted by atomic mass is 32.1. The van der Waals surface area contributed by atoms with Crippen LogP contribution in [-0.4, -0.2) is 67.6 Å². The third-order valence-electron chi connectivity index (χ3n) is 3.34.